The lowest BCUT2D eigenvalue weighted by atomic mass is 10.0. The maximum Gasteiger partial charge on any atom is 0.243 e. The monoisotopic (exact) mass is 396 g/mol. The van der Waals surface area contributed by atoms with Crippen LogP contribution in [-0.4, -0.2) is 51.4 Å². The standard InChI is InChI=1S/C19H32N4O3S/c1-4-21-17-9-8-16(27(25,26)23(5-2)6-3)13-18(17)22-19(24)10-7-15-11-12-20-14-15/h8-9,13,15,20-21H,4-7,10-12,14H2,1-3H3,(H,22,24). The number of nitrogens with zero attached hydrogens (tertiary/aromatic N) is 1. The van der Waals surface area contributed by atoms with Gasteiger partial charge in [0.2, 0.25) is 15.9 Å². The molecule has 1 saturated heterocycles. The molecule has 2 rings (SSSR count). The normalized spacial score (nSPS) is 17.3. The van der Waals surface area contributed by atoms with Crippen molar-refractivity contribution in [1.29, 1.82) is 0 Å². The molecule has 0 aliphatic carbocycles. The molecule has 1 heterocycles. The highest BCUT2D eigenvalue weighted by molar-refractivity contribution is 7.89. The van der Waals surface area contributed by atoms with Gasteiger partial charge in [-0.2, -0.15) is 4.31 Å². The highest BCUT2D eigenvalue weighted by Gasteiger charge is 2.23. The minimum atomic E-state index is -3.57. The lowest BCUT2D eigenvalue weighted by molar-refractivity contribution is -0.116. The average molecular weight is 397 g/mol. The quantitative estimate of drug-likeness (QED) is 0.565. The summed E-state index contributed by atoms with van der Waals surface area (Å²) in [6.45, 7) is 9.06. The largest absolute Gasteiger partial charge is 0.384 e. The summed E-state index contributed by atoms with van der Waals surface area (Å²) in [7, 11) is -3.57. The van der Waals surface area contributed by atoms with E-state index in [1.54, 1.807) is 18.2 Å². The van der Waals surface area contributed by atoms with E-state index in [0.717, 1.165) is 31.6 Å². The van der Waals surface area contributed by atoms with Gasteiger partial charge in [0.05, 0.1) is 16.3 Å². The zero-order chi connectivity index (χ0) is 19.9. The van der Waals surface area contributed by atoms with E-state index in [9.17, 15) is 13.2 Å². The highest BCUT2D eigenvalue weighted by Crippen LogP contribution is 2.28. The molecule has 1 fully saturated rings. The van der Waals surface area contributed by atoms with E-state index >= 15 is 0 Å². The van der Waals surface area contributed by atoms with Crippen LogP contribution in [0.15, 0.2) is 23.1 Å². The van der Waals surface area contributed by atoms with Gasteiger partial charge in [0.25, 0.3) is 0 Å². The van der Waals surface area contributed by atoms with Gasteiger partial charge in [-0.3, -0.25) is 4.79 Å². The molecule has 0 saturated carbocycles. The number of carbonyl (C=O) groups is 1. The fourth-order valence-corrected chi connectivity index (χ4v) is 4.84. The lowest BCUT2D eigenvalue weighted by Crippen LogP contribution is -2.30. The minimum absolute atomic E-state index is 0.0848. The molecule has 1 aliphatic rings. The van der Waals surface area contributed by atoms with Gasteiger partial charge in [-0.25, -0.2) is 8.42 Å². The van der Waals surface area contributed by atoms with Crippen LogP contribution >= 0.6 is 0 Å². The molecule has 1 aromatic rings. The second-order valence-corrected chi connectivity index (χ2v) is 8.71. The SMILES string of the molecule is CCNc1ccc(S(=O)(=O)N(CC)CC)cc1NC(=O)CCC1CCNC1. The molecule has 152 valence electrons. The van der Waals surface area contributed by atoms with Crippen LogP contribution < -0.4 is 16.0 Å². The average Bonchev–Trinajstić information content (AvgIpc) is 3.16. The summed E-state index contributed by atoms with van der Waals surface area (Å²) in [5, 5.41) is 9.39. The molecule has 27 heavy (non-hydrogen) atoms. The van der Waals surface area contributed by atoms with Crippen LogP contribution in [0.25, 0.3) is 0 Å². The zero-order valence-electron chi connectivity index (χ0n) is 16.5. The first kappa shape index (κ1) is 21.7. The van der Waals surface area contributed by atoms with Gasteiger partial charge >= 0.3 is 0 Å². The zero-order valence-corrected chi connectivity index (χ0v) is 17.4. The minimum Gasteiger partial charge on any atom is -0.384 e. The van der Waals surface area contributed by atoms with Crippen LogP contribution in [-0.2, 0) is 14.8 Å². The maximum absolute atomic E-state index is 12.8. The number of amides is 1. The Morgan fingerprint density at radius 1 is 1.22 bits per heavy atom. The molecule has 1 aliphatic heterocycles. The Balaban J connectivity index is 2.17. The number of benzene rings is 1. The third kappa shape index (κ3) is 5.67. The molecule has 0 radical (unpaired) electrons. The molecular formula is C19H32N4O3S. The molecule has 0 bridgehead atoms. The van der Waals surface area contributed by atoms with E-state index in [-0.39, 0.29) is 10.8 Å². The summed E-state index contributed by atoms with van der Waals surface area (Å²) >= 11 is 0. The molecule has 3 N–H and O–H groups in total. The third-order valence-electron chi connectivity index (χ3n) is 4.92. The van der Waals surface area contributed by atoms with E-state index in [0.29, 0.717) is 37.7 Å². The maximum atomic E-state index is 12.8. The Hall–Kier alpha value is -1.64. The second kappa shape index (κ2) is 10.1. The lowest BCUT2D eigenvalue weighted by Gasteiger charge is -2.20. The number of nitrogens with one attached hydrogen (secondary N) is 3. The van der Waals surface area contributed by atoms with Gasteiger partial charge in [-0.1, -0.05) is 13.8 Å². The molecule has 1 aromatic carbocycles. The first-order valence-electron chi connectivity index (χ1n) is 9.80. The van der Waals surface area contributed by atoms with E-state index in [2.05, 4.69) is 16.0 Å². The Bertz CT molecular complexity index is 726. The summed E-state index contributed by atoms with van der Waals surface area (Å²) in [5.74, 6) is 0.455. The first-order valence-corrected chi connectivity index (χ1v) is 11.2. The van der Waals surface area contributed by atoms with Crippen molar-refractivity contribution in [2.75, 3.05) is 43.4 Å². The molecule has 0 spiro atoms. The van der Waals surface area contributed by atoms with E-state index in [4.69, 9.17) is 0 Å². The molecule has 1 atom stereocenters. The summed E-state index contributed by atoms with van der Waals surface area (Å²) in [5.41, 5.74) is 1.24. The second-order valence-electron chi connectivity index (χ2n) is 6.77. The van der Waals surface area contributed by atoms with Gasteiger partial charge in [0.15, 0.2) is 0 Å². The van der Waals surface area contributed by atoms with Crippen molar-refractivity contribution < 1.29 is 13.2 Å². The number of hydrogen-bond acceptors (Lipinski definition) is 5. The number of sulfonamides is 1. The topological polar surface area (TPSA) is 90.5 Å². The number of anilines is 2. The molecule has 7 nitrogen and oxygen atoms in total. The summed E-state index contributed by atoms with van der Waals surface area (Å²) in [6, 6.07) is 4.86. The highest BCUT2D eigenvalue weighted by atomic mass is 32.2. The van der Waals surface area contributed by atoms with Gasteiger partial charge in [0, 0.05) is 26.1 Å². The van der Waals surface area contributed by atoms with Crippen molar-refractivity contribution in [3.05, 3.63) is 18.2 Å². The smallest absolute Gasteiger partial charge is 0.243 e. The van der Waals surface area contributed by atoms with Crippen LogP contribution in [0.3, 0.4) is 0 Å². The summed E-state index contributed by atoms with van der Waals surface area (Å²) in [6.07, 6.45) is 2.38. The molecule has 0 aromatic heterocycles. The number of rotatable bonds is 10. The van der Waals surface area contributed by atoms with Crippen LogP contribution in [0.4, 0.5) is 11.4 Å². The summed E-state index contributed by atoms with van der Waals surface area (Å²) < 4.78 is 27.0. The van der Waals surface area contributed by atoms with Crippen LogP contribution in [0, 0.1) is 5.92 Å². The van der Waals surface area contributed by atoms with Crippen molar-refractivity contribution >= 4 is 27.3 Å². The molecule has 1 unspecified atom stereocenters. The summed E-state index contributed by atoms with van der Waals surface area (Å²) in [4.78, 5) is 12.6. The molecular weight excluding hydrogens is 364 g/mol. The van der Waals surface area contributed by atoms with Crippen LogP contribution in [0.2, 0.25) is 0 Å². The van der Waals surface area contributed by atoms with E-state index in [1.165, 1.54) is 4.31 Å². The Morgan fingerprint density at radius 3 is 2.56 bits per heavy atom. The van der Waals surface area contributed by atoms with E-state index in [1.807, 2.05) is 20.8 Å². The van der Waals surface area contributed by atoms with Gasteiger partial charge < -0.3 is 16.0 Å². The fraction of sp³-hybridized carbons (Fsp3) is 0.632. The van der Waals surface area contributed by atoms with Gasteiger partial charge in [-0.15, -0.1) is 0 Å². The predicted octanol–water partition coefficient (Wildman–Crippen LogP) is 2.48. The van der Waals surface area contributed by atoms with Crippen molar-refractivity contribution in [2.24, 2.45) is 5.92 Å². The molecule has 1 amide bonds. The van der Waals surface area contributed by atoms with Crippen molar-refractivity contribution in [3.8, 4) is 0 Å². The van der Waals surface area contributed by atoms with Crippen molar-refractivity contribution in [1.82, 2.24) is 9.62 Å². The number of hydrogen-bond donors (Lipinski definition) is 3. The van der Waals surface area contributed by atoms with Gasteiger partial charge in [-0.05, 0) is 57.0 Å². The predicted molar refractivity (Wildman–Crippen MR) is 110 cm³/mol. The van der Waals surface area contributed by atoms with Crippen LogP contribution in [0.1, 0.15) is 40.0 Å². The Morgan fingerprint density at radius 2 is 1.96 bits per heavy atom. The van der Waals surface area contributed by atoms with Gasteiger partial charge in [0.1, 0.15) is 0 Å². The van der Waals surface area contributed by atoms with E-state index < -0.39 is 10.0 Å². The van der Waals surface area contributed by atoms with Crippen molar-refractivity contribution in [2.45, 2.75) is 44.9 Å². The number of carbonyl (C=O) groups excluding carboxylic acids is 1. The Labute approximate surface area is 163 Å². The first-order chi connectivity index (χ1) is 12.9. The van der Waals surface area contributed by atoms with Crippen LogP contribution in [0.5, 0.6) is 0 Å². The Kier molecular flexibility index (Phi) is 8.07. The fourth-order valence-electron chi connectivity index (χ4n) is 3.35. The molecule has 8 heteroatoms. The van der Waals surface area contributed by atoms with Crippen molar-refractivity contribution in [3.63, 3.8) is 0 Å². The third-order valence-corrected chi connectivity index (χ3v) is 6.96.